The number of rotatable bonds is 9. The van der Waals surface area contributed by atoms with Crippen molar-refractivity contribution >= 4 is 38.8 Å². The fourth-order valence-corrected chi connectivity index (χ4v) is 7.05. The van der Waals surface area contributed by atoms with Gasteiger partial charge in [0, 0.05) is 80.1 Å². The highest BCUT2D eigenvalue weighted by Crippen LogP contribution is 2.31. The maximum Gasteiger partial charge on any atom is 0.327 e. The Morgan fingerprint density at radius 2 is 1.73 bits per heavy atom. The number of hydrogen-bond acceptors (Lipinski definition) is 9. The minimum atomic E-state index is -3.11. The molecule has 0 spiro atoms. The first-order valence-electron chi connectivity index (χ1n) is 15.2. The van der Waals surface area contributed by atoms with Crippen molar-refractivity contribution in [3.8, 4) is 0 Å². The number of nitrogens with two attached hydrogens (primary N) is 1. The van der Waals surface area contributed by atoms with Gasteiger partial charge in [0.25, 0.3) is 5.91 Å². The third-order valence-corrected chi connectivity index (χ3v) is 10.0. The van der Waals surface area contributed by atoms with E-state index in [1.165, 1.54) is 0 Å². The smallest absolute Gasteiger partial charge is 0.327 e. The summed E-state index contributed by atoms with van der Waals surface area (Å²) in [6, 6.07) is 13.5. The lowest BCUT2D eigenvalue weighted by Crippen LogP contribution is -2.51. The van der Waals surface area contributed by atoms with Crippen molar-refractivity contribution in [2.45, 2.75) is 19.1 Å². The number of nitrogens with zero attached hydrogens (tertiary/aromatic N) is 3. The van der Waals surface area contributed by atoms with E-state index in [2.05, 4.69) is 32.2 Å². The molecular weight excluding hydrogens is 580 g/mol. The van der Waals surface area contributed by atoms with E-state index in [-0.39, 0.29) is 36.5 Å². The average molecular weight is 621 g/mol. The largest absolute Gasteiger partial charge is 0.369 e. The number of urea groups is 1. The molecule has 2 saturated heterocycles. The highest BCUT2D eigenvalue weighted by Gasteiger charge is 2.32. The van der Waals surface area contributed by atoms with E-state index in [1.807, 2.05) is 48.7 Å². The maximum absolute atomic E-state index is 13.6. The number of piperazine rings is 1. The first kappa shape index (κ1) is 30.1. The molecule has 234 valence electrons. The van der Waals surface area contributed by atoms with Gasteiger partial charge in [-0.1, -0.05) is 12.1 Å². The second-order valence-electron chi connectivity index (χ2n) is 11.5. The Labute approximate surface area is 258 Å². The molecule has 3 amide bonds. The van der Waals surface area contributed by atoms with E-state index in [0.29, 0.717) is 12.1 Å². The predicted octanol–water partition coefficient (Wildman–Crippen LogP) is 0.789. The number of anilines is 2. The Morgan fingerprint density at radius 1 is 0.977 bits per heavy atom. The van der Waals surface area contributed by atoms with Crippen molar-refractivity contribution in [3.05, 3.63) is 77.0 Å². The maximum atomic E-state index is 13.6. The lowest BCUT2D eigenvalue weighted by Gasteiger charge is -2.31. The van der Waals surface area contributed by atoms with Crippen LogP contribution >= 0.6 is 0 Å². The molecule has 0 radical (unpaired) electrons. The molecule has 4 aliphatic heterocycles. The lowest BCUT2D eigenvalue weighted by molar-refractivity contribution is 0.0770. The van der Waals surface area contributed by atoms with Crippen molar-refractivity contribution in [1.82, 2.24) is 26.2 Å². The van der Waals surface area contributed by atoms with Crippen LogP contribution in [0.2, 0.25) is 0 Å². The van der Waals surface area contributed by atoms with Gasteiger partial charge in [-0.25, -0.2) is 13.2 Å². The monoisotopic (exact) mass is 620 g/mol. The summed E-state index contributed by atoms with van der Waals surface area (Å²) in [6.45, 7) is 5.96. The molecule has 0 bridgehead atoms. The summed E-state index contributed by atoms with van der Waals surface area (Å²) in [7, 11) is -3.11. The molecule has 44 heavy (non-hydrogen) atoms. The van der Waals surface area contributed by atoms with Crippen LogP contribution in [0.5, 0.6) is 0 Å². The molecule has 1 atom stereocenters. The van der Waals surface area contributed by atoms with E-state index < -0.39 is 16.0 Å². The summed E-state index contributed by atoms with van der Waals surface area (Å²) in [5.41, 5.74) is 11.4. The zero-order chi connectivity index (χ0) is 30.7. The van der Waals surface area contributed by atoms with Crippen LogP contribution in [-0.4, -0.2) is 95.3 Å². The summed E-state index contributed by atoms with van der Waals surface area (Å²) in [6.07, 6.45) is 4.38. The second kappa shape index (κ2) is 13.0. The summed E-state index contributed by atoms with van der Waals surface area (Å²) in [5.74, 6) is -0.210. The molecule has 4 heterocycles. The van der Waals surface area contributed by atoms with E-state index in [4.69, 9.17) is 5.73 Å². The molecule has 4 aliphatic rings. The first-order chi connectivity index (χ1) is 21.3. The second-order valence-corrected chi connectivity index (χ2v) is 13.8. The molecule has 2 aromatic carbocycles. The molecule has 0 aromatic heterocycles. The van der Waals surface area contributed by atoms with E-state index in [9.17, 15) is 18.0 Å². The molecule has 0 aliphatic carbocycles. The normalized spacial score (nSPS) is 21.2. The van der Waals surface area contributed by atoms with Gasteiger partial charge in [0.05, 0.1) is 17.2 Å². The Bertz CT molecular complexity index is 1550. The van der Waals surface area contributed by atoms with Gasteiger partial charge in [-0.2, -0.15) is 0 Å². The van der Waals surface area contributed by atoms with Crippen molar-refractivity contribution < 1.29 is 18.0 Å². The van der Waals surface area contributed by atoms with Gasteiger partial charge in [-0.05, 0) is 61.5 Å². The third-order valence-electron chi connectivity index (χ3n) is 8.40. The molecule has 2 aromatic rings. The highest BCUT2D eigenvalue weighted by molar-refractivity contribution is 7.91. The zero-order valence-corrected chi connectivity index (χ0v) is 25.5. The van der Waals surface area contributed by atoms with Gasteiger partial charge < -0.3 is 36.8 Å². The average Bonchev–Trinajstić information content (AvgIpc) is 3.46. The zero-order valence-electron chi connectivity index (χ0n) is 24.7. The number of amides is 3. The van der Waals surface area contributed by atoms with E-state index >= 15 is 0 Å². The Kier molecular flexibility index (Phi) is 8.89. The van der Waals surface area contributed by atoms with Crippen molar-refractivity contribution in [1.29, 1.82) is 0 Å². The topological polar surface area (TPSA) is 152 Å². The van der Waals surface area contributed by atoms with Gasteiger partial charge in [0.1, 0.15) is 6.17 Å². The van der Waals surface area contributed by atoms with Crippen LogP contribution in [0.15, 0.2) is 60.3 Å². The van der Waals surface area contributed by atoms with Crippen LogP contribution in [0, 0.1) is 0 Å². The van der Waals surface area contributed by atoms with Gasteiger partial charge in [0.15, 0.2) is 9.84 Å². The van der Waals surface area contributed by atoms with Gasteiger partial charge in [0.2, 0.25) is 0 Å². The SMILES string of the molecule is NCCCNCc1ccc(N2C=C3C=C(c4cc(C(=O)N5CCS(=O)(=O)CC5)cc(N5CCNCC5)c4)NC3NC2=O)cc1. The van der Waals surface area contributed by atoms with Crippen LogP contribution in [-0.2, 0) is 16.4 Å². The van der Waals surface area contributed by atoms with Crippen molar-refractivity contribution in [2.24, 2.45) is 5.73 Å². The van der Waals surface area contributed by atoms with Gasteiger partial charge in [-0.15, -0.1) is 0 Å². The molecular formula is C31H40N8O4S. The summed E-state index contributed by atoms with van der Waals surface area (Å²) < 4.78 is 23.9. The third kappa shape index (κ3) is 6.75. The minimum Gasteiger partial charge on any atom is -0.369 e. The Morgan fingerprint density at radius 3 is 2.45 bits per heavy atom. The summed E-state index contributed by atoms with van der Waals surface area (Å²) in [4.78, 5) is 32.2. The standard InChI is InChI=1S/C31H40N8O4S/c32-6-1-7-34-20-22-2-4-26(5-3-22)39-21-25-19-28(35-29(25)36-31(39)41)23-16-24(18-27(17-23)37-10-8-33-9-11-37)30(40)38-12-14-44(42,43)15-13-38/h2-5,16-19,21,29,33-35H,1,6-15,20,32H2,(H,36,41). The number of sulfone groups is 1. The molecule has 6 rings (SSSR count). The van der Waals surface area contributed by atoms with Crippen molar-refractivity contribution in [3.63, 3.8) is 0 Å². The summed E-state index contributed by atoms with van der Waals surface area (Å²) >= 11 is 0. The number of fused-ring (bicyclic) bond motifs is 1. The molecule has 12 nitrogen and oxygen atoms in total. The van der Waals surface area contributed by atoms with Crippen molar-refractivity contribution in [2.75, 3.05) is 73.7 Å². The Balaban J connectivity index is 1.25. The number of nitrogens with one attached hydrogen (secondary N) is 4. The number of benzene rings is 2. The van der Waals surface area contributed by atoms with Crippen LogP contribution in [0.3, 0.4) is 0 Å². The van der Waals surface area contributed by atoms with Crippen LogP contribution in [0.1, 0.15) is 27.9 Å². The predicted molar refractivity (Wildman–Crippen MR) is 172 cm³/mol. The number of carbonyl (C=O) groups is 2. The fraction of sp³-hybridized carbons (Fsp3) is 0.419. The molecule has 1 unspecified atom stereocenters. The van der Waals surface area contributed by atoms with E-state index in [0.717, 1.165) is 79.5 Å². The number of carbonyl (C=O) groups excluding carboxylic acids is 2. The number of hydrogen-bond donors (Lipinski definition) is 5. The molecule has 2 fully saturated rings. The lowest BCUT2D eigenvalue weighted by atomic mass is 10.0. The van der Waals surface area contributed by atoms with E-state index in [1.54, 1.807) is 9.80 Å². The quantitative estimate of drug-likeness (QED) is 0.256. The molecule has 6 N–H and O–H groups in total. The Hall–Kier alpha value is -3.91. The van der Waals surface area contributed by atoms with Crippen LogP contribution in [0.4, 0.5) is 16.2 Å². The first-order valence-corrected chi connectivity index (χ1v) is 17.0. The molecule has 13 heteroatoms. The molecule has 0 saturated carbocycles. The van der Waals surface area contributed by atoms with Gasteiger partial charge in [-0.3, -0.25) is 9.69 Å². The highest BCUT2D eigenvalue weighted by atomic mass is 32.2. The van der Waals surface area contributed by atoms with Crippen LogP contribution < -0.4 is 36.8 Å². The van der Waals surface area contributed by atoms with Crippen LogP contribution in [0.25, 0.3) is 5.70 Å². The van der Waals surface area contributed by atoms with Gasteiger partial charge >= 0.3 is 6.03 Å². The minimum absolute atomic E-state index is 0.0176. The summed E-state index contributed by atoms with van der Waals surface area (Å²) in [5, 5.41) is 13.2. The fourth-order valence-electron chi connectivity index (χ4n) is 5.85.